The second kappa shape index (κ2) is 11.9. The molecule has 0 bridgehead atoms. The lowest BCUT2D eigenvalue weighted by Gasteiger charge is -2.26. The molecule has 18 heavy (non-hydrogen) atoms. The molecule has 0 atom stereocenters. The molecule has 0 amide bonds. The fourth-order valence-corrected chi connectivity index (χ4v) is 2.87. The summed E-state index contributed by atoms with van der Waals surface area (Å²) in [6, 6.07) is 0. The predicted octanol–water partition coefficient (Wildman–Crippen LogP) is 4.38. The smallest absolute Gasteiger partial charge is 0.351 e. The van der Waals surface area contributed by atoms with Crippen LogP contribution in [-0.2, 0) is 22.3 Å². The van der Waals surface area contributed by atoms with E-state index in [0.717, 1.165) is 0 Å². The summed E-state index contributed by atoms with van der Waals surface area (Å²) < 4.78 is 31.2. The molecule has 0 rings (SSSR count). The van der Waals surface area contributed by atoms with Gasteiger partial charge in [0.25, 0.3) is 0 Å². The van der Waals surface area contributed by atoms with Crippen molar-refractivity contribution in [3.05, 3.63) is 0 Å². The zero-order valence-corrected chi connectivity index (χ0v) is 15.1. The molecule has 0 aliphatic heterocycles. The van der Waals surface area contributed by atoms with Gasteiger partial charge in [0, 0.05) is 26.4 Å². The van der Waals surface area contributed by atoms with Crippen LogP contribution >= 0.6 is 38.9 Å². The minimum absolute atomic E-state index is 0.548. The molecule has 0 aromatic heterocycles. The predicted molar refractivity (Wildman–Crippen MR) is 77.4 cm³/mol. The summed E-state index contributed by atoms with van der Waals surface area (Å²) in [6.07, 6.45) is 0. The van der Waals surface area contributed by atoms with Crippen molar-refractivity contribution in [3.63, 3.8) is 0 Å². The molecule has 0 heterocycles. The molecule has 10 heteroatoms. The van der Waals surface area contributed by atoms with Gasteiger partial charge in [-0.2, -0.15) is 0 Å². The van der Waals surface area contributed by atoms with E-state index in [4.69, 9.17) is 17.7 Å². The minimum Gasteiger partial charge on any atom is -0.351 e. The van der Waals surface area contributed by atoms with Crippen LogP contribution < -0.4 is 0 Å². The fraction of sp³-hybridized carbons (Fsp3) is 1.00. The Morgan fingerprint density at radius 3 is 1.06 bits per heavy atom. The van der Waals surface area contributed by atoms with Crippen LogP contribution in [-0.4, -0.2) is 35.5 Å². The highest BCUT2D eigenvalue weighted by Crippen LogP contribution is 2.61. The summed E-state index contributed by atoms with van der Waals surface area (Å²) in [6.45, 7) is 9.80. The molecule has 0 aromatic rings. The highest BCUT2D eigenvalue weighted by Gasteiger charge is 2.44. The van der Waals surface area contributed by atoms with Gasteiger partial charge in [-0.1, -0.05) is 0 Å². The van der Waals surface area contributed by atoms with E-state index in [1.807, 2.05) is 27.7 Å². The molecule has 0 aromatic carbocycles. The molecule has 5 nitrogen and oxygen atoms in total. The van der Waals surface area contributed by atoms with E-state index in [-0.39, 0.29) is 0 Å². The zero-order valence-electron chi connectivity index (χ0n) is 11.0. The van der Waals surface area contributed by atoms with Crippen LogP contribution in [0.3, 0.4) is 0 Å². The molecule has 0 N–H and O–H groups in total. The minimum atomic E-state index is -3.22. The van der Waals surface area contributed by atoms with E-state index in [2.05, 4.69) is 33.7 Å². The summed E-state index contributed by atoms with van der Waals surface area (Å²) in [4.78, 5) is 0. The Balaban J connectivity index is 0. The van der Waals surface area contributed by atoms with Gasteiger partial charge in [-0.05, 0) is 61.4 Å². The highest BCUT2D eigenvalue weighted by molar-refractivity contribution is 8.24. The molecule has 0 spiro atoms. The summed E-state index contributed by atoms with van der Waals surface area (Å²) in [7, 11) is -2.80. The average molecular weight is 362 g/mol. The maximum absolute atomic E-state index is 9.51. The Hall–Kier alpha value is 1.16. The maximum Gasteiger partial charge on any atom is 0.679 e. The number of hydrogen-bond acceptors (Lipinski definition) is 5. The molecule has 0 saturated carbocycles. The largest absolute Gasteiger partial charge is 0.679 e. The van der Waals surface area contributed by atoms with Crippen molar-refractivity contribution in [2.24, 2.45) is 0 Å². The molecule has 0 radical (unpaired) electrons. The molecular formula is C8H20Cl3O5PSi. The van der Waals surface area contributed by atoms with Gasteiger partial charge in [-0.25, -0.2) is 0 Å². The first-order valence-corrected chi connectivity index (χ1v) is 11.5. The summed E-state index contributed by atoms with van der Waals surface area (Å²) in [5.41, 5.74) is 0. The van der Waals surface area contributed by atoms with E-state index >= 15 is 0 Å². The maximum atomic E-state index is 9.51. The third kappa shape index (κ3) is 15.2. The van der Waals surface area contributed by atoms with Gasteiger partial charge in [0.05, 0.1) is 0 Å². The summed E-state index contributed by atoms with van der Waals surface area (Å²) in [5.74, 6) is 0. The third-order valence-electron chi connectivity index (χ3n) is 1.28. The van der Waals surface area contributed by atoms with Crippen LogP contribution in [0.4, 0.5) is 0 Å². The van der Waals surface area contributed by atoms with Gasteiger partial charge >= 0.3 is 14.2 Å². The Kier molecular flexibility index (Phi) is 14.2. The standard InChI is InChI=1S/C8H20O4Si.Cl3OP/c1-5-9-13(10-6-2,11-7-3)12-8-4;1-5(2,3)4/h5-8H2,1-4H3;. The van der Waals surface area contributed by atoms with Crippen molar-refractivity contribution < 1.29 is 22.3 Å². The Labute approximate surface area is 124 Å². The van der Waals surface area contributed by atoms with Crippen molar-refractivity contribution in [2.45, 2.75) is 27.7 Å². The Morgan fingerprint density at radius 1 is 0.778 bits per heavy atom. The molecule has 0 unspecified atom stereocenters. The van der Waals surface area contributed by atoms with Gasteiger partial charge < -0.3 is 17.7 Å². The number of hydrogen-bond donors (Lipinski definition) is 0. The van der Waals surface area contributed by atoms with E-state index in [9.17, 15) is 4.57 Å². The monoisotopic (exact) mass is 360 g/mol. The first-order chi connectivity index (χ1) is 8.24. The first-order valence-electron chi connectivity index (χ1n) is 5.49. The lowest BCUT2D eigenvalue weighted by molar-refractivity contribution is -0.0247. The van der Waals surface area contributed by atoms with Gasteiger partial charge in [-0.3, -0.25) is 4.57 Å². The number of rotatable bonds is 8. The van der Waals surface area contributed by atoms with Crippen molar-refractivity contribution in [3.8, 4) is 0 Å². The highest BCUT2D eigenvalue weighted by atomic mass is 36.0. The van der Waals surface area contributed by atoms with Crippen molar-refractivity contribution in [1.82, 2.24) is 0 Å². The quantitative estimate of drug-likeness (QED) is 0.474. The molecule has 0 aliphatic rings. The SMILES string of the molecule is CCO[Si](OCC)(OCC)OCC.O=P(Cl)(Cl)Cl. The topological polar surface area (TPSA) is 54.0 Å². The lowest BCUT2D eigenvalue weighted by atomic mass is 10.9. The molecule has 112 valence electrons. The van der Waals surface area contributed by atoms with E-state index < -0.39 is 14.2 Å². The van der Waals surface area contributed by atoms with Crippen LogP contribution in [0, 0.1) is 0 Å². The second-order valence-corrected chi connectivity index (χ2v) is 11.4. The van der Waals surface area contributed by atoms with Crippen molar-refractivity contribution in [2.75, 3.05) is 26.4 Å². The van der Waals surface area contributed by atoms with Crippen LogP contribution in [0.15, 0.2) is 0 Å². The summed E-state index contributed by atoms with van der Waals surface area (Å²) >= 11 is 13.8. The van der Waals surface area contributed by atoms with E-state index in [1.54, 1.807) is 0 Å². The Bertz CT molecular complexity index is 203. The second-order valence-electron chi connectivity index (χ2n) is 2.63. The average Bonchev–Trinajstić information content (AvgIpc) is 2.16. The van der Waals surface area contributed by atoms with Crippen LogP contribution in [0.2, 0.25) is 0 Å². The molecule has 0 fully saturated rings. The summed E-state index contributed by atoms with van der Waals surface area (Å²) in [5, 5.41) is -3.22. The van der Waals surface area contributed by atoms with Crippen molar-refractivity contribution in [1.29, 1.82) is 0 Å². The van der Waals surface area contributed by atoms with Crippen LogP contribution in [0.1, 0.15) is 27.7 Å². The number of halogens is 3. The Morgan fingerprint density at radius 2 is 0.944 bits per heavy atom. The van der Waals surface area contributed by atoms with Gasteiger partial charge in [0.2, 0.25) is 0 Å². The lowest BCUT2D eigenvalue weighted by Crippen LogP contribution is -2.49. The van der Waals surface area contributed by atoms with E-state index in [1.165, 1.54) is 0 Å². The zero-order chi connectivity index (χ0) is 14.7. The molecule has 0 aliphatic carbocycles. The van der Waals surface area contributed by atoms with Crippen LogP contribution in [0.5, 0.6) is 0 Å². The van der Waals surface area contributed by atoms with E-state index in [0.29, 0.717) is 26.4 Å². The normalized spacial score (nSPS) is 11.9. The van der Waals surface area contributed by atoms with Gasteiger partial charge in [0.1, 0.15) is 0 Å². The van der Waals surface area contributed by atoms with Crippen LogP contribution in [0.25, 0.3) is 0 Å². The third-order valence-corrected chi connectivity index (χ3v) is 3.85. The van der Waals surface area contributed by atoms with Crippen molar-refractivity contribution >= 4 is 48.0 Å². The molecule has 0 saturated heterocycles. The van der Waals surface area contributed by atoms with Gasteiger partial charge in [-0.15, -0.1) is 0 Å². The first kappa shape index (κ1) is 21.5. The van der Waals surface area contributed by atoms with Gasteiger partial charge in [0.15, 0.2) is 0 Å². The fourth-order valence-electron chi connectivity index (χ4n) is 0.957. The molecular weight excluding hydrogens is 342 g/mol.